The number of hydrogen-bond donors (Lipinski definition) is 1. The van der Waals surface area contributed by atoms with Gasteiger partial charge in [0, 0.05) is 6.04 Å². The highest BCUT2D eigenvalue weighted by Gasteiger charge is 2.52. The maximum Gasteiger partial charge on any atom is 0.308 e. The van der Waals surface area contributed by atoms with Crippen LogP contribution in [0.15, 0.2) is 72.8 Å². The van der Waals surface area contributed by atoms with E-state index in [9.17, 15) is 14.7 Å². The second-order valence-electron chi connectivity index (χ2n) is 10.1. The summed E-state index contributed by atoms with van der Waals surface area (Å²) >= 11 is 0. The van der Waals surface area contributed by atoms with Crippen LogP contribution in [0.3, 0.4) is 0 Å². The fourth-order valence-electron chi connectivity index (χ4n) is 5.25. The van der Waals surface area contributed by atoms with E-state index in [1.165, 1.54) is 0 Å². The number of ether oxygens (including phenoxy) is 4. The van der Waals surface area contributed by atoms with E-state index in [4.69, 9.17) is 18.9 Å². The first-order valence-corrected chi connectivity index (χ1v) is 13.4. The molecule has 212 valence electrons. The van der Waals surface area contributed by atoms with Crippen LogP contribution in [0.5, 0.6) is 17.2 Å². The van der Waals surface area contributed by atoms with Crippen LogP contribution in [0.4, 0.5) is 0 Å². The number of esters is 1. The molecule has 40 heavy (non-hydrogen) atoms. The third-order valence-electron chi connectivity index (χ3n) is 7.42. The SMILES string of the molecule is COc1ccc(COC(=O)CC2C(C(C)O)C(=O)N2C(Cc2ccc(OC)cc2)Cc2ccc(OC)cc2)cc1. The first-order chi connectivity index (χ1) is 19.3. The molecule has 3 aromatic rings. The molecule has 3 aromatic carbocycles. The number of aliphatic hydroxyl groups excluding tert-OH is 1. The summed E-state index contributed by atoms with van der Waals surface area (Å²) in [5.41, 5.74) is 2.90. The van der Waals surface area contributed by atoms with Gasteiger partial charge in [-0.2, -0.15) is 0 Å². The molecule has 0 bridgehead atoms. The Kier molecular flexibility index (Phi) is 9.66. The molecule has 0 radical (unpaired) electrons. The maximum atomic E-state index is 13.4. The number of carbonyl (C=O) groups is 2. The summed E-state index contributed by atoms with van der Waals surface area (Å²) in [7, 11) is 4.83. The molecule has 1 amide bonds. The van der Waals surface area contributed by atoms with Crippen molar-refractivity contribution in [1.82, 2.24) is 4.90 Å². The lowest BCUT2D eigenvalue weighted by molar-refractivity contribution is -0.173. The predicted molar refractivity (Wildman–Crippen MR) is 150 cm³/mol. The summed E-state index contributed by atoms with van der Waals surface area (Å²) in [6, 6.07) is 22.1. The number of aliphatic hydroxyl groups is 1. The molecule has 1 aliphatic heterocycles. The van der Waals surface area contributed by atoms with Crippen molar-refractivity contribution in [2.45, 2.75) is 51.0 Å². The molecular weight excluding hydrogens is 510 g/mol. The minimum atomic E-state index is -0.884. The van der Waals surface area contributed by atoms with Crippen molar-refractivity contribution in [3.63, 3.8) is 0 Å². The standard InChI is InChI=1S/C32H37NO7/c1-21(34)31-29(19-30(35)40-20-24-9-15-28(39-4)16-10-24)33(32(31)36)25(17-22-5-11-26(37-2)12-6-22)18-23-7-13-27(38-3)14-8-23/h5-16,21,25,29,31,34H,17-20H2,1-4H3. The minimum Gasteiger partial charge on any atom is -0.497 e. The Hall–Kier alpha value is -4.04. The molecular formula is C32H37NO7. The first kappa shape index (κ1) is 29.0. The average molecular weight is 548 g/mol. The number of amides is 1. The monoisotopic (exact) mass is 547 g/mol. The van der Waals surface area contributed by atoms with Crippen molar-refractivity contribution in [1.29, 1.82) is 0 Å². The Morgan fingerprint density at radius 1 is 0.775 bits per heavy atom. The van der Waals surface area contributed by atoms with Crippen LogP contribution in [0.2, 0.25) is 0 Å². The number of β-lactam (4-membered cyclic amide) rings is 1. The number of likely N-dealkylation sites (tertiary alicyclic amines) is 1. The second kappa shape index (κ2) is 13.3. The van der Waals surface area contributed by atoms with Gasteiger partial charge in [-0.05, 0) is 72.9 Å². The van der Waals surface area contributed by atoms with E-state index < -0.39 is 24.0 Å². The lowest BCUT2D eigenvalue weighted by Crippen LogP contribution is -2.68. The smallest absolute Gasteiger partial charge is 0.308 e. The molecule has 0 aromatic heterocycles. The van der Waals surface area contributed by atoms with Crippen LogP contribution in [0.1, 0.15) is 30.0 Å². The quantitative estimate of drug-likeness (QED) is 0.253. The third kappa shape index (κ3) is 6.93. The maximum absolute atomic E-state index is 13.4. The molecule has 1 saturated heterocycles. The van der Waals surface area contributed by atoms with E-state index in [1.54, 1.807) is 33.2 Å². The lowest BCUT2D eigenvalue weighted by atomic mass is 9.78. The van der Waals surface area contributed by atoms with Gasteiger partial charge >= 0.3 is 5.97 Å². The number of rotatable bonds is 13. The van der Waals surface area contributed by atoms with E-state index in [0.717, 1.165) is 33.9 Å². The predicted octanol–water partition coefficient (Wildman–Crippen LogP) is 4.21. The van der Waals surface area contributed by atoms with E-state index in [1.807, 2.05) is 72.8 Å². The van der Waals surface area contributed by atoms with Crippen molar-refractivity contribution >= 4 is 11.9 Å². The number of nitrogens with zero attached hydrogens (tertiary/aromatic N) is 1. The molecule has 3 unspecified atom stereocenters. The summed E-state index contributed by atoms with van der Waals surface area (Å²) in [5.74, 6) is 0.983. The third-order valence-corrected chi connectivity index (χ3v) is 7.42. The Morgan fingerprint density at radius 3 is 1.60 bits per heavy atom. The molecule has 0 saturated carbocycles. The summed E-state index contributed by atoms with van der Waals surface area (Å²) in [4.78, 5) is 28.1. The fourth-order valence-corrected chi connectivity index (χ4v) is 5.25. The van der Waals surface area contributed by atoms with Gasteiger partial charge in [0.2, 0.25) is 5.91 Å². The second-order valence-corrected chi connectivity index (χ2v) is 10.1. The highest BCUT2D eigenvalue weighted by atomic mass is 16.5. The molecule has 3 atom stereocenters. The molecule has 0 spiro atoms. The summed E-state index contributed by atoms with van der Waals surface area (Å²) in [5, 5.41) is 10.4. The Labute approximate surface area is 235 Å². The van der Waals surface area contributed by atoms with Gasteiger partial charge < -0.3 is 29.0 Å². The molecule has 4 rings (SSSR count). The van der Waals surface area contributed by atoms with Crippen molar-refractivity contribution in [2.24, 2.45) is 5.92 Å². The molecule has 8 heteroatoms. The lowest BCUT2D eigenvalue weighted by Gasteiger charge is -2.52. The normalized spacial score (nSPS) is 17.2. The van der Waals surface area contributed by atoms with Crippen LogP contribution in [0, 0.1) is 5.92 Å². The fraction of sp³-hybridized carbons (Fsp3) is 0.375. The van der Waals surface area contributed by atoms with Crippen LogP contribution in [0.25, 0.3) is 0 Å². The van der Waals surface area contributed by atoms with Crippen molar-refractivity contribution in [2.75, 3.05) is 21.3 Å². The molecule has 1 fully saturated rings. The van der Waals surface area contributed by atoms with Gasteiger partial charge in [0.25, 0.3) is 0 Å². The van der Waals surface area contributed by atoms with E-state index in [-0.39, 0.29) is 25.0 Å². The zero-order chi connectivity index (χ0) is 28.6. The number of hydrogen-bond acceptors (Lipinski definition) is 7. The van der Waals surface area contributed by atoms with Gasteiger partial charge in [-0.15, -0.1) is 0 Å². The van der Waals surface area contributed by atoms with Gasteiger partial charge in [-0.3, -0.25) is 9.59 Å². The topological polar surface area (TPSA) is 94.5 Å². The molecule has 0 aliphatic carbocycles. The van der Waals surface area contributed by atoms with Crippen molar-refractivity contribution in [3.8, 4) is 17.2 Å². The summed E-state index contributed by atoms with van der Waals surface area (Å²) < 4.78 is 21.3. The van der Waals surface area contributed by atoms with Crippen LogP contribution < -0.4 is 14.2 Å². The highest BCUT2D eigenvalue weighted by Crippen LogP contribution is 2.36. The van der Waals surface area contributed by atoms with Gasteiger partial charge in [0.15, 0.2) is 0 Å². The van der Waals surface area contributed by atoms with Gasteiger partial charge in [0.05, 0.1) is 45.8 Å². The number of benzene rings is 3. The molecule has 1 heterocycles. The van der Waals surface area contributed by atoms with Gasteiger partial charge in [-0.25, -0.2) is 0 Å². The van der Waals surface area contributed by atoms with Crippen LogP contribution in [-0.2, 0) is 33.8 Å². The Bertz CT molecular complexity index is 1210. The zero-order valence-electron chi connectivity index (χ0n) is 23.4. The zero-order valence-corrected chi connectivity index (χ0v) is 23.4. The summed E-state index contributed by atoms with van der Waals surface area (Å²) in [6.07, 6.45) is 0.266. The minimum absolute atomic E-state index is 0.000807. The molecule has 1 aliphatic rings. The van der Waals surface area contributed by atoms with E-state index >= 15 is 0 Å². The Morgan fingerprint density at radius 2 is 1.20 bits per heavy atom. The van der Waals surface area contributed by atoms with Crippen LogP contribution >= 0.6 is 0 Å². The van der Waals surface area contributed by atoms with Crippen molar-refractivity contribution < 1.29 is 33.6 Å². The molecule has 8 nitrogen and oxygen atoms in total. The average Bonchev–Trinajstić information content (AvgIpc) is 2.96. The van der Waals surface area contributed by atoms with Gasteiger partial charge in [0.1, 0.15) is 23.9 Å². The number of carbonyl (C=O) groups excluding carboxylic acids is 2. The first-order valence-electron chi connectivity index (χ1n) is 13.4. The van der Waals surface area contributed by atoms with E-state index in [2.05, 4.69) is 0 Å². The van der Waals surface area contributed by atoms with Crippen molar-refractivity contribution in [3.05, 3.63) is 89.5 Å². The number of methoxy groups -OCH3 is 3. The molecule has 1 N–H and O–H groups in total. The largest absolute Gasteiger partial charge is 0.497 e. The highest BCUT2D eigenvalue weighted by molar-refractivity contribution is 5.89. The van der Waals surface area contributed by atoms with E-state index in [0.29, 0.717) is 12.8 Å². The van der Waals surface area contributed by atoms with Crippen LogP contribution in [-0.4, -0.2) is 61.4 Å². The Balaban J connectivity index is 1.53. The summed E-state index contributed by atoms with van der Waals surface area (Å²) in [6.45, 7) is 1.71. The van der Waals surface area contributed by atoms with Gasteiger partial charge in [-0.1, -0.05) is 36.4 Å².